The first-order chi connectivity index (χ1) is 11.9. The van der Waals surface area contributed by atoms with Crippen LogP contribution in [0.4, 0.5) is 5.69 Å². The molecule has 126 valence electrons. The van der Waals surface area contributed by atoms with Gasteiger partial charge < -0.3 is 5.11 Å². The Labute approximate surface area is 155 Å². The fourth-order valence-electron chi connectivity index (χ4n) is 2.60. The Morgan fingerprint density at radius 3 is 2.64 bits per heavy atom. The smallest absolute Gasteiger partial charge is 0.335 e. The molecule has 1 saturated heterocycles. The Kier molecular flexibility index (Phi) is 4.74. The average molecular weight is 369 g/mol. The number of hydrogen-bond acceptors (Lipinski definition) is 4. The van der Waals surface area contributed by atoms with Crippen LogP contribution in [0.25, 0.3) is 6.08 Å². The number of carboxylic acid groups (broad SMARTS) is 1. The molecule has 1 fully saturated rings. The van der Waals surface area contributed by atoms with Crippen LogP contribution >= 0.6 is 24.0 Å². The van der Waals surface area contributed by atoms with E-state index in [9.17, 15) is 9.59 Å². The van der Waals surface area contributed by atoms with Gasteiger partial charge in [-0.15, -0.1) is 0 Å². The fraction of sp³-hybridized carbons (Fsp3) is 0.105. The molecule has 0 atom stereocenters. The van der Waals surface area contributed by atoms with Crippen molar-refractivity contribution < 1.29 is 14.7 Å². The molecule has 4 nitrogen and oxygen atoms in total. The molecule has 1 heterocycles. The van der Waals surface area contributed by atoms with Crippen molar-refractivity contribution in [1.29, 1.82) is 0 Å². The molecule has 0 spiro atoms. The summed E-state index contributed by atoms with van der Waals surface area (Å²) in [6.07, 6.45) is 1.83. The van der Waals surface area contributed by atoms with Crippen LogP contribution < -0.4 is 4.90 Å². The van der Waals surface area contributed by atoms with E-state index < -0.39 is 5.97 Å². The molecule has 0 radical (unpaired) electrons. The lowest BCUT2D eigenvalue weighted by Crippen LogP contribution is -2.27. The van der Waals surface area contributed by atoms with E-state index in [-0.39, 0.29) is 11.5 Å². The number of carbonyl (C=O) groups is 2. The number of carboxylic acids is 1. The zero-order valence-corrected chi connectivity index (χ0v) is 15.3. The lowest BCUT2D eigenvalue weighted by atomic mass is 10.1. The maximum atomic E-state index is 12.8. The van der Waals surface area contributed by atoms with E-state index in [2.05, 4.69) is 6.07 Å². The maximum absolute atomic E-state index is 12.8. The molecule has 0 aromatic heterocycles. The van der Waals surface area contributed by atoms with Crippen molar-refractivity contribution in [3.63, 3.8) is 0 Å². The van der Waals surface area contributed by atoms with Crippen LogP contribution in [0, 0.1) is 13.8 Å². The number of hydrogen-bond donors (Lipinski definition) is 1. The Balaban J connectivity index is 1.96. The van der Waals surface area contributed by atoms with Crippen LogP contribution in [0.15, 0.2) is 47.4 Å². The predicted molar refractivity (Wildman–Crippen MR) is 105 cm³/mol. The Morgan fingerprint density at radius 2 is 1.96 bits per heavy atom. The summed E-state index contributed by atoms with van der Waals surface area (Å²) >= 11 is 6.56. The minimum Gasteiger partial charge on any atom is -0.478 e. The lowest BCUT2D eigenvalue weighted by molar-refractivity contribution is -0.113. The van der Waals surface area contributed by atoms with Gasteiger partial charge in [-0.2, -0.15) is 0 Å². The highest BCUT2D eigenvalue weighted by Crippen LogP contribution is 2.36. The van der Waals surface area contributed by atoms with Gasteiger partial charge in [0.25, 0.3) is 5.91 Å². The summed E-state index contributed by atoms with van der Waals surface area (Å²) < 4.78 is 0.392. The van der Waals surface area contributed by atoms with Crippen LogP contribution in [0.1, 0.15) is 27.0 Å². The number of benzene rings is 2. The minimum absolute atomic E-state index is 0.116. The van der Waals surface area contributed by atoms with Gasteiger partial charge in [-0.1, -0.05) is 53.8 Å². The Morgan fingerprint density at radius 1 is 1.20 bits per heavy atom. The van der Waals surface area contributed by atoms with E-state index in [0.717, 1.165) is 16.7 Å². The summed E-state index contributed by atoms with van der Waals surface area (Å²) in [5.41, 5.74) is 3.78. The molecule has 0 unspecified atom stereocenters. The third kappa shape index (κ3) is 3.50. The number of carbonyl (C=O) groups excluding carboxylic acids is 1. The summed E-state index contributed by atoms with van der Waals surface area (Å²) in [7, 11) is 0. The van der Waals surface area contributed by atoms with Gasteiger partial charge in [-0.3, -0.25) is 9.69 Å². The van der Waals surface area contributed by atoms with Gasteiger partial charge >= 0.3 is 5.97 Å². The largest absolute Gasteiger partial charge is 0.478 e. The number of aromatic carboxylic acids is 1. The van der Waals surface area contributed by atoms with Crippen molar-refractivity contribution in [2.24, 2.45) is 0 Å². The van der Waals surface area contributed by atoms with Gasteiger partial charge in [-0.05, 0) is 49.2 Å². The zero-order chi connectivity index (χ0) is 18.1. The maximum Gasteiger partial charge on any atom is 0.335 e. The SMILES string of the molecule is Cc1ccc(/C=C2\SC(=S)N(c3cccc(C(=O)O)c3)C2=O)c(C)c1. The number of rotatable bonds is 3. The third-order valence-corrected chi connectivity index (χ3v) is 5.16. The molecular weight excluding hydrogens is 354 g/mol. The van der Waals surface area contributed by atoms with E-state index in [0.29, 0.717) is 14.9 Å². The standard InChI is InChI=1S/C19H15NO3S2/c1-11-6-7-13(12(2)8-11)10-16-17(21)20(19(24)25-16)15-5-3-4-14(9-15)18(22)23/h3-10H,1-2H3,(H,22,23)/b16-10-. The molecule has 2 aromatic rings. The zero-order valence-electron chi connectivity index (χ0n) is 13.6. The topological polar surface area (TPSA) is 57.6 Å². The van der Waals surface area contributed by atoms with Crippen molar-refractivity contribution in [3.05, 3.63) is 69.6 Å². The number of aryl methyl sites for hydroxylation is 2. The van der Waals surface area contributed by atoms with Crippen molar-refractivity contribution in [3.8, 4) is 0 Å². The summed E-state index contributed by atoms with van der Waals surface area (Å²) in [5.74, 6) is -1.28. The molecule has 0 aliphatic carbocycles. The highest BCUT2D eigenvalue weighted by Gasteiger charge is 2.33. The molecule has 2 aromatic carbocycles. The summed E-state index contributed by atoms with van der Waals surface area (Å²) in [6, 6.07) is 12.2. The highest BCUT2D eigenvalue weighted by atomic mass is 32.2. The van der Waals surface area contributed by atoms with Gasteiger partial charge in [0.15, 0.2) is 4.32 Å². The summed E-state index contributed by atoms with van der Waals surface area (Å²) in [4.78, 5) is 25.8. The number of thiocarbonyl (C=S) groups is 1. The first kappa shape index (κ1) is 17.4. The second kappa shape index (κ2) is 6.82. The molecule has 1 aliphatic rings. The normalized spacial score (nSPS) is 15.9. The number of nitrogens with zero attached hydrogens (tertiary/aromatic N) is 1. The van der Waals surface area contributed by atoms with Crippen LogP contribution in [-0.2, 0) is 4.79 Å². The predicted octanol–water partition coefficient (Wildman–Crippen LogP) is 4.41. The van der Waals surface area contributed by atoms with Gasteiger partial charge in [-0.25, -0.2) is 4.79 Å². The number of anilines is 1. The van der Waals surface area contributed by atoms with Crippen LogP contribution in [0.5, 0.6) is 0 Å². The lowest BCUT2D eigenvalue weighted by Gasteiger charge is -2.14. The molecule has 1 amide bonds. The minimum atomic E-state index is -1.04. The second-order valence-electron chi connectivity index (χ2n) is 5.73. The van der Waals surface area contributed by atoms with Gasteiger partial charge in [0.2, 0.25) is 0 Å². The van der Waals surface area contributed by atoms with E-state index in [1.165, 1.54) is 28.8 Å². The first-order valence-electron chi connectivity index (χ1n) is 7.55. The van der Waals surface area contributed by atoms with Crippen molar-refractivity contribution in [2.45, 2.75) is 13.8 Å². The molecule has 3 rings (SSSR count). The first-order valence-corrected chi connectivity index (χ1v) is 8.78. The molecule has 1 N–H and O–H groups in total. The fourth-order valence-corrected chi connectivity index (χ4v) is 3.89. The van der Waals surface area contributed by atoms with E-state index >= 15 is 0 Å². The molecule has 6 heteroatoms. The van der Waals surface area contributed by atoms with E-state index in [1.807, 2.05) is 32.1 Å². The molecule has 25 heavy (non-hydrogen) atoms. The third-order valence-electron chi connectivity index (χ3n) is 3.86. The van der Waals surface area contributed by atoms with Crippen LogP contribution in [0.2, 0.25) is 0 Å². The van der Waals surface area contributed by atoms with E-state index in [4.69, 9.17) is 17.3 Å². The average Bonchev–Trinajstić information content (AvgIpc) is 2.84. The van der Waals surface area contributed by atoms with Gasteiger partial charge in [0, 0.05) is 0 Å². The summed E-state index contributed by atoms with van der Waals surface area (Å²) in [5, 5.41) is 9.13. The van der Waals surface area contributed by atoms with Crippen molar-refractivity contribution in [1.82, 2.24) is 0 Å². The molecule has 0 bridgehead atoms. The van der Waals surface area contributed by atoms with Gasteiger partial charge in [0.05, 0.1) is 16.2 Å². The van der Waals surface area contributed by atoms with Crippen LogP contribution in [-0.4, -0.2) is 21.3 Å². The molecular formula is C19H15NO3S2. The Bertz CT molecular complexity index is 934. The van der Waals surface area contributed by atoms with Gasteiger partial charge in [0.1, 0.15) is 0 Å². The second-order valence-corrected chi connectivity index (χ2v) is 7.41. The van der Waals surface area contributed by atoms with E-state index in [1.54, 1.807) is 12.1 Å². The monoisotopic (exact) mass is 369 g/mol. The number of thioether (sulfide) groups is 1. The molecule has 1 aliphatic heterocycles. The highest BCUT2D eigenvalue weighted by molar-refractivity contribution is 8.27. The number of amides is 1. The molecule has 0 saturated carbocycles. The van der Waals surface area contributed by atoms with Crippen molar-refractivity contribution >= 4 is 51.9 Å². The van der Waals surface area contributed by atoms with Crippen molar-refractivity contribution in [2.75, 3.05) is 4.90 Å². The van der Waals surface area contributed by atoms with Crippen LogP contribution in [0.3, 0.4) is 0 Å². The Hall–Kier alpha value is -2.44. The summed E-state index contributed by atoms with van der Waals surface area (Å²) in [6.45, 7) is 4.02. The quantitative estimate of drug-likeness (QED) is 0.642.